The van der Waals surface area contributed by atoms with E-state index in [1.165, 1.54) is 0 Å². The summed E-state index contributed by atoms with van der Waals surface area (Å²) in [6, 6.07) is 0. The van der Waals surface area contributed by atoms with Crippen molar-refractivity contribution in [3.8, 4) is 0 Å². The average Bonchev–Trinajstić information content (AvgIpc) is 2.20. The molecule has 0 aliphatic heterocycles. The topological polar surface area (TPSA) is 101 Å². The Morgan fingerprint density at radius 3 is 1.95 bits per heavy atom. The molecular formula is C13H24ClNO6. The maximum absolute atomic E-state index is 11.6. The summed E-state index contributed by atoms with van der Waals surface area (Å²) in [7, 11) is 5.65. The van der Waals surface area contributed by atoms with Crippen LogP contribution in [0.25, 0.3) is 0 Å². The minimum absolute atomic E-state index is 0. The third-order valence-corrected chi connectivity index (χ3v) is 2.47. The Morgan fingerprint density at radius 1 is 1.00 bits per heavy atom. The molecule has 0 amide bonds. The predicted octanol–water partition coefficient (Wildman–Crippen LogP) is -2.27. The number of hydrogen-bond acceptors (Lipinski definition) is 4. The molecule has 0 unspecified atom stereocenters. The Bertz CT molecular complexity index is 353. The van der Waals surface area contributed by atoms with Crippen LogP contribution in [0.4, 0.5) is 0 Å². The van der Waals surface area contributed by atoms with Gasteiger partial charge in [-0.3, -0.25) is 14.4 Å². The number of aliphatic carboxylic acids is 2. The summed E-state index contributed by atoms with van der Waals surface area (Å²) in [5.74, 6) is -2.38. The number of nitrogens with zero attached hydrogens (tertiary/aromatic N) is 1. The van der Waals surface area contributed by atoms with Gasteiger partial charge in [-0.05, 0) is 12.8 Å². The Labute approximate surface area is 130 Å². The van der Waals surface area contributed by atoms with Crippen molar-refractivity contribution in [2.75, 3.05) is 27.7 Å². The van der Waals surface area contributed by atoms with Crippen LogP contribution in [-0.2, 0) is 19.1 Å². The number of esters is 1. The van der Waals surface area contributed by atoms with Crippen LogP contribution in [0.3, 0.4) is 0 Å². The molecule has 2 N–H and O–H groups in total. The van der Waals surface area contributed by atoms with Crippen LogP contribution in [-0.4, -0.2) is 66.4 Å². The predicted molar refractivity (Wildman–Crippen MR) is 71.1 cm³/mol. The van der Waals surface area contributed by atoms with Gasteiger partial charge in [-0.15, -0.1) is 0 Å². The molecule has 0 fully saturated rings. The second-order valence-corrected chi connectivity index (χ2v) is 5.78. The lowest BCUT2D eigenvalue weighted by Gasteiger charge is -2.28. The maximum Gasteiger partial charge on any atom is 0.307 e. The first-order chi connectivity index (χ1) is 9.10. The zero-order valence-electron chi connectivity index (χ0n) is 12.7. The molecule has 0 bridgehead atoms. The summed E-state index contributed by atoms with van der Waals surface area (Å²) >= 11 is 0. The molecule has 0 heterocycles. The Kier molecular flexibility index (Phi) is 10.9. The number of carboxylic acids is 2. The second-order valence-electron chi connectivity index (χ2n) is 5.78. The van der Waals surface area contributed by atoms with Gasteiger partial charge >= 0.3 is 17.9 Å². The Balaban J connectivity index is 0. The molecule has 0 saturated carbocycles. The fourth-order valence-electron chi connectivity index (χ4n) is 1.74. The van der Waals surface area contributed by atoms with Gasteiger partial charge in [-0.2, -0.15) is 0 Å². The van der Waals surface area contributed by atoms with E-state index in [4.69, 9.17) is 14.9 Å². The molecule has 0 aromatic carbocycles. The van der Waals surface area contributed by atoms with Crippen molar-refractivity contribution in [2.45, 2.75) is 38.2 Å². The van der Waals surface area contributed by atoms with Gasteiger partial charge in [0.15, 0.2) is 6.10 Å². The van der Waals surface area contributed by atoms with Crippen molar-refractivity contribution in [1.29, 1.82) is 0 Å². The number of hydrogen-bond donors (Lipinski definition) is 2. The number of unbranched alkanes of at least 4 members (excludes halogenated alkanes) is 1. The third-order valence-electron chi connectivity index (χ3n) is 2.47. The summed E-state index contributed by atoms with van der Waals surface area (Å²) in [4.78, 5) is 32.7. The van der Waals surface area contributed by atoms with Crippen molar-refractivity contribution in [3.05, 3.63) is 0 Å². The van der Waals surface area contributed by atoms with Gasteiger partial charge in [-0.25, -0.2) is 0 Å². The molecule has 0 rings (SSSR count). The lowest BCUT2D eigenvalue weighted by Crippen LogP contribution is -3.00. The molecule has 0 aliphatic carbocycles. The fraction of sp³-hybridized carbons (Fsp3) is 0.769. The highest BCUT2D eigenvalue weighted by Gasteiger charge is 2.24. The van der Waals surface area contributed by atoms with Crippen molar-refractivity contribution in [1.82, 2.24) is 0 Å². The summed E-state index contributed by atoms with van der Waals surface area (Å²) in [5.41, 5.74) is 0. The summed E-state index contributed by atoms with van der Waals surface area (Å²) in [6.45, 7) is 0.410. The first kappa shape index (κ1) is 21.9. The van der Waals surface area contributed by atoms with E-state index in [-0.39, 0.29) is 31.7 Å². The number of halogens is 1. The molecule has 8 heteroatoms. The highest BCUT2D eigenvalue weighted by atomic mass is 35.5. The molecule has 7 nitrogen and oxygen atoms in total. The van der Waals surface area contributed by atoms with E-state index in [2.05, 4.69) is 0 Å². The average molecular weight is 327 g/mol. The van der Waals surface area contributed by atoms with E-state index in [0.29, 0.717) is 23.9 Å². The number of carbonyl (C=O) groups is 3. The molecule has 0 saturated heterocycles. The second kappa shape index (κ2) is 10.4. The monoisotopic (exact) mass is 326 g/mol. The van der Waals surface area contributed by atoms with Crippen molar-refractivity contribution in [2.24, 2.45) is 0 Å². The molecule has 0 radical (unpaired) electrons. The summed E-state index contributed by atoms with van der Waals surface area (Å²) < 4.78 is 5.65. The lowest BCUT2D eigenvalue weighted by molar-refractivity contribution is -0.873. The number of ether oxygens (including phenoxy) is 1. The molecule has 21 heavy (non-hydrogen) atoms. The lowest BCUT2D eigenvalue weighted by atomic mass is 10.2. The standard InChI is InChI=1S/C13H23NO6.ClH/c1-14(2,3)9-10(8-12(17)18)20-13(19)7-5-4-6-11(15)16;/h10H,4-9H2,1-3H3,(H-,15,16,17,18);1H/t10-;/m1./s1/i1+1;. The Hall–Kier alpha value is -1.34. The van der Waals surface area contributed by atoms with E-state index < -0.39 is 24.0 Å². The van der Waals surface area contributed by atoms with Crippen molar-refractivity contribution in [3.63, 3.8) is 0 Å². The highest BCUT2D eigenvalue weighted by molar-refractivity contribution is 5.71. The number of carbonyl (C=O) groups excluding carboxylic acids is 1. The van der Waals surface area contributed by atoms with Gasteiger partial charge in [-0.1, -0.05) is 0 Å². The zero-order chi connectivity index (χ0) is 15.8. The van der Waals surface area contributed by atoms with Gasteiger partial charge in [0, 0.05) is 12.8 Å². The smallest absolute Gasteiger partial charge is 0.307 e. The number of carboxylic acid groups (broad SMARTS) is 2. The van der Waals surface area contributed by atoms with Crippen LogP contribution >= 0.6 is 0 Å². The largest absolute Gasteiger partial charge is 1.00 e. The van der Waals surface area contributed by atoms with Crippen LogP contribution in [0.1, 0.15) is 32.1 Å². The van der Waals surface area contributed by atoms with E-state index in [1.807, 2.05) is 21.1 Å². The van der Waals surface area contributed by atoms with Gasteiger partial charge < -0.3 is 31.8 Å². The van der Waals surface area contributed by atoms with E-state index in [9.17, 15) is 14.4 Å². The maximum atomic E-state index is 11.6. The van der Waals surface area contributed by atoms with Crippen LogP contribution in [0.15, 0.2) is 0 Å². The van der Waals surface area contributed by atoms with Gasteiger partial charge in [0.1, 0.15) is 6.54 Å². The third kappa shape index (κ3) is 14.9. The first-order valence-corrected chi connectivity index (χ1v) is 6.53. The quantitative estimate of drug-likeness (QED) is 0.203. The summed E-state index contributed by atoms with van der Waals surface area (Å²) in [6.07, 6.45) is 0.0693. The molecular weight excluding hydrogens is 303 g/mol. The van der Waals surface area contributed by atoms with Crippen LogP contribution < -0.4 is 12.4 Å². The molecule has 0 aliphatic rings. The van der Waals surface area contributed by atoms with Crippen LogP contribution in [0.5, 0.6) is 0 Å². The number of likely N-dealkylation sites (N-methyl/N-ethyl adjacent to an activating group) is 1. The number of quaternary nitrogens is 1. The summed E-state index contributed by atoms with van der Waals surface area (Å²) in [5, 5.41) is 17.3. The Morgan fingerprint density at radius 2 is 1.52 bits per heavy atom. The number of rotatable bonds is 10. The first-order valence-electron chi connectivity index (χ1n) is 6.53. The highest BCUT2D eigenvalue weighted by Crippen LogP contribution is 2.08. The minimum atomic E-state index is -1.01. The van der Waals surface area contributed by atoms with Crippen LogP contribution in [0, 0.1) is 0 Å². The minimum Gasteiger partial charge on any atom is -1.00 e. The normalized spacial score (nSPS) is 12.1. The van der Waals surface area contributed by atoms with E-state index in [0.717, 1.165) is 0 Å². The van der Waals surface area contributed by atoms with Gasteiger partial charge in [0.2, 0.25) is 0 Å². The van der Waals surface area contributed by atoms with E-state index in [1.54, 1.807) is 0 Å². The van der Waals surface area contributed by atoms with Gasteiger partial charge in [0.05, 0.1) is 27.6 Å². The van der Waals surface area contributed by atoms with Crippen molar-refractivity contribution >= 4 is 17.9 Å². The van der Waals surface area contributed by atoms with Gasteiger partial charge in [0.25, 0.3) is 0 Å². The van der Waals surface area contributed by atoms with Crippen molar-refractivity contribution < 1.29 is 46.2 Å². The zero-order valence-corrected chi connectivity index (χ0v) is 13.4. The molecule has 0 aromatic heterocycles. The molecule has 0 aromatic rings. The SMILES string of the molecule is C[N+](C)([13CH3])C[C@@H](CC(=O)O)OC(=O)CCCCC(=O)O.[Cl-]. The fourth-order valence-corrected chi connectivity index (χ4v) is 1.74. The van der Waals surface area contributed by atoms with E-state index >= 15 is 0 Å². The molecule has 0 spiro atoms. The van der Waals surface area contributed by atoms with Crippen LogP contribution in [0.2, 0.25) is 0 Å². The molecule has 1 atom stereocenters. The molecule has 124 valence electrons.